The third-order valence-electron chi connectivity index (χ3n) is 2.27. The second-order valence-electron chi connectivity index (χ2n) is 3.62. The zero-order chi connectivity index (χ0) is 11.5. The standard InChI is InChI=1S/C13H11NO2/c1-9-6-11(8-12(15)7-9)13(16)10-2-4-14-5-3-10/h2-8,15H,1H3. The SMILES string of the molecule is Cc1cc(O)cc(C(=O)c2ccncc2)c1. The summed E-state index contributed by atoms with van der Waals surface area (Å²) in [5, 5.41) is 9.43. The molecule has 1 heterocycles. The first kappa shape index (κ1) is 10.4. The van der Waals surface area contributed by atoms with Gasteiger partial charge < -0.3 is 5.11 Å². The summed E-state index contributed by atoms with van der Waals surface area (Å²) in [6.45, 7) is 1.84. The highest BCUT2D eigenvalue weighted by atomic mass is 16.3. The van der Waals surface area contributed by atoms with Crippen molar-refractivity contribution in [3.05, 3.63) is 59.4 Å². The lowest BCUT2D eigenvalue weighted by atomic mass is 10.0. The second kappa shape index (κ2) is 4.14. The fourth-order valence-electron chi connectivity index (χ4n) is 1.56. The van der Waals surface area contributed by atoms with Gasteiger partial charge in [0, 0.05) is 23.5 Å². The average Bonchev–Trinajstić information content (AvgIpc) is 2.28. The van der Waals surface area contributed by atoms with Gasteiger partial charge in [0.05, 0.1) is 0 Å². The van der Waals surface area contributed by atoms with E-state index in [1.165, 1.54) is 6.07 Å². The van der Waals surface area contributed by atoms with Crippen LogP contribution in [0.25, 0.3) is 0 Å². The monoisotopic (exact) mass is 213 g/mol. The Labute approximate surface area is 93.4 Å². The van der Waals surface area contributed by atoms with Crippen molar-refractivity contribution >= 4 is 5.78 Å². The number of aromatic nitrogens is 1. The number of aromatic hydroxyl groups is 1. The minimum absolute atomic E-state index is 0.109. The van der Waals surface area contributed by atoms with Crippen LogP contribution in [0, 0.1) is 6.92 Å². The number of rotatable bonds is 2. The van der Waals surface area contributed by atoms with Crippen LogP contribution in [0.2, 0.25) is 0 Å². The number of phenolic OH excluding ortho intramolecular Hbond substituents is 1. The molecule has 80 valence electrons. The number of aryl methyl sites for hydroxylation is 1. The van der Waals surface area contributed by atoms with Gasteiger partial charge in [-0.15, -0.1) is 0 Å². The molecule has 0 aliphatic heterocycles. The number of phenols is 1. The lowest BCUT2D eigenvalue weighted by Gasteiger charge is -2.03. The van der Waals surface area contributed by atoms with Gasteiger partial charge in [-0.1, -0.05) is 0 Å². The predicted octanol–water partition coefficient (Wildman–Crippen LogP) is 2.33. The van der Waals surface area contributed by atoms with Crippen molar-refractivity contribution in [2.75, 3.05) is 0 Å². The van der Waals surface area contributed by atoms with E-state index in [0.29, 0.717) is 11.1 Å². The first-order chi connectivity index (χ1) is 7.66. The van der Waals surface area contributed by atoms with Gasteiger partial charge in [-0.2, -0.15) is 0 Å². The van der Waals surface area contributed by atoms with Gasteiger partial charge >= 0.3 is 0 Å². The first-order valence-corrected chi connectivity index (χ1v) is 4.92. The summed E-state index contributed by atoms with van der Waals surface area (Å²) >= 11 is 0. The molecule has 1 aromatic carbocycles. The van der Waals surface area contributed by atoms with E-state index in [1.807, 2.05) is 6.92 Å². The summed E-state index contributed by atoms with van der Waals surface area (Å²) in [5.41, 5.74) is 1.92. The number of carbonyl (C=O) groups is 1. The van der Waals surface area contributed by atoms with Crippen LogP contribution in [-0.2, 0) is 0 Å². The number of pyridine rings is 1. The topological polar surface area (TPSA) is 50.2 Å². The molecule has 2 rings (SSSR count). The normalized spacial score (nSPS) is 10.1. The Morgan fingerprint density at radius 3 is 2.44 bits per heavy atom. The number of benzene rings is 1. The van der Waals surface area contributed by atoms with Crippen LogP contribution in [-0.4, -0.2) is 15.9 Å². The molecular formula is C13H11NO2. The van der Waals surface area contributed by atoms with Crippen molar-refractivity contribution in [1.29, 1.82) is 0 Å². The quantitative estimate of drug-likeness (QED) is 0.779. The summed E-state index contributed by atoms with van der Waals surface area (Å²) in [6, 6.07) is 8.14. The predicted molar refractivity (Wildman–Crippen MR) is 60.5 cm³/mol. The minimum Gasteiger partial charge on any atom is -0.508 e. The molecule has 16 heavy (non-hydrogen) atoms. The summed E-state index contributed by atoms with van der Waals surface area (Å²) in [7, 11) is 0. The van der Waals surface area contributed by atoms with Crippen LogP contribution in [0.15, 0.2) is 42.7 Å². The molecule has 0 bridgehead atoms. The molecule has 0 radical (unpaired) electrons. The van der Waals surface area contributed by atoms with E-state index < -0.39 is 0 Å². The molecule has 0 aliphatic carbocycles. The van der Waals surface area contributed by atoms with E-state index in [4.69, 9.17) is 0 Å². The van der Waals surface area contributed by atoms with Crippen LogP contribution >= 0.6 is 0 Å². The second-order valence-corrected chi connectivity index (χ2v) is 3.62. The highest BCUT2D eigenvalue weighted by Crippen LogP contribution is 2.17. The van der Waals surface area contributed by atoms with Crippen molar-refractivity contribution < 1.29 is 9.90 Å². The number of hydrogen-bond acceptors (Lipinski definition) is 3. The Kier molecular flexibility index (Phi) is 2.68. The Hall–Kier alpha value is -2.16. The zero-order valence-electron chi connectivity index (χ0n) is 8.84. The first-order valence-electron chi connectivity index (χ1n) is 4.92. The molecule has 0 atom stereocenters. The van der Waals surface area contributed by atoms with Crippen LogP contribution in [0.3, 0.4) is 0 Å². The molecule has 0 fully saturated rings. The van der Waals surface area contributed by atoms with Gasteiger partial charge in [0.25, 0.3) is 0 Å². The Balaban J connectivity index is 2.42. The highest BCUT2D eigenvalue weighted by molar-refractivity contribution is 6.09. The van der Waals surface area contributed by atoms with Gasteiger partial charge in [-0.05, 0) is 42.8 Å². The summed E-state index contributed by atoms with van der Waals surface area (Å²) in [5.74, 6) is -0.00111. The molecule has 1 aromatic heterocycles. The molecule has 0 aliphatic rings. The smallest absolute Gasteiger partial charge is 0.193 e. The fraction of sp³-hybridized carbons (Fsp3) is 0.0769. The maximum absolute atomic E-state index is 12.0. The van der Waals surface area contributed by atoms with Crippen molar-refractivity contribution in [3.63, 3.8) is 0 Å². The Bertz CT molecular complexity index is 500. The lowest BCUT2D eigenvalue weighted by molar-refractivity contribution is 0.103. The molecule has 3 heteroatoms. The largest absolute Gasteiger partial charge is 0.508 e. The molecule has 3 nitrogen and oxygen atoms in total. The Morgan fingerprint density at radius 1 is 1.12 bits per heavy atom. The Morgan fingerprint density at radius 2 is 1.81 bits per heavy atom. The number of carbonyl (C=O) groups excluding carboxylic acids is 1. The molecule has 0 amide bonds. The van der Waals surface area contributed by atoms with E-state index in [0.717, 1.165) is 5.56 Å². The number of ketones is 1. The van der Waals surface area contributed by atoms with Crippen LogP contribution in [0.4, 0.5) is 0 Å². The van der Waals surface area contributed by atoms with E-state index in [9.17, 15) is 9.90 Å². The van der Waals surface area contributed by atoms with Crippen molar-refractivity contribution in [3.8, 4) is 5.75 Å². The fourth-order valence-corrected chi connectivity index (χ4v) is 1.56. The zero-order valence-corrected chi connectivity index (χ0v) is 8.84. The molecule has 2 aromatic rings. The molecular weight excluding hydrogens is 202 g/mol. The number of hydrogen-bond donors (Lipinski definition) is 1. The maximum atomic E-state index is 12.0. The van der Waals surface area contributed by atoms with Crippen LogP contribution in [0.5, 0.6) is 5.75 Å². The van der Waals surface area contributed by atoms with Gasteiger partial charge in [-0.3, -0.25) is 9.78 Å². The van der Waals surface area contributed by atoms with E-state index >= 15 is 0 Å². The van der Waals surface area contributed by atoms with E-state index in [2.05, 4.69) is 4.98 Å². The van der Waals surface area contributed by atoms with E-state index in [1.54, 1.807) is 36.7 Å². The summed E-state index contributed by atoms with van der Waals surface area (Å²) in [6.07, 6.45) is 3.14. The summed E-state index contributed by atoms with van der Waals surface area (Å²) in [4.78, 5) is 15.9. The third-order valence-corrected chi connectivity index (χ3v) is 2.27. The molecule has 1 N–H and O–H groups in total. The van der Waals surface area contributed by atoms with Crippen LogP contribution in [0.1, 0.15) is 21.5 Å². The average molecular weight is 213 g/mol. The highest BCUT2D eigenvalue weighted by Gasteiger charge is 2.09. The van der Waals surface area contributed by atoms with Crippen LogP contribution < -0.4 is 0 Å². The van der Waals surface area contributed by atoms with Gasteiger partial charge in [0.1, 0.15) is 5.75 Å². The van der Waals surface area contributed by atoms with Gasteiger partial charge in [0.15, 0.2) is 5.78 Å². The van der Waals surface area contributed by atoms with E-state index in [-0.39, 0.29) is 11.5 Å². The van der Waals surface area contributed by atoms with Gasteiger partial charge in [0.2, 0.25) is 0 Å². The molecule has 0 saturated carbocycles. The van der Waals surface area contributed by atoms with Crippen molar-refractivity contribution in [1.82, 2.24) is 4.98 Å². The molecule has 0 saturated heterocycles. The maximum Gasteiger partial charge on any atom is 0.193 e. The summed E-state index contributed by atoms with van der Waals surface area (Å²) < 4.78 is 0. The minimum atomic E-state index is -0.110. The van der Waals surface area contributed by atoms with Gasteiger partial charge in [-0.25, -0.2) is 0 Å². The van der Waals surface area contributed by atoms with Crippen molar-refractivity contribution in [2.24, 2.45) is 0 Å². The lowest BCUT2D eigenvalue weighted by Crippen LogP contribution is -2.01. The molecule has 0 unspecified atom stereocenters. The van der Waals surface area contributed by atoms with Crippen molar-refractivity contribution in [2.45, 2.75) is 6.92 Å². The molecule has 0 spiro atoms. The third kappa shape index (κ3) is 2.08. The number of nitrogens with zero attached hydrogens (tertiary/aromatic N) is 1.